The Morgan fingerprint density at radius 2 is 0.250 bits per heavy atom. The molecule has 0 aliphatic heterocycles. The zero-order valence-corrected chi connectivity index (χ0v) is 17.4. The van der Waals surface area contributed by atoms with Gasteiger partial charge in [0.15, 0.2) is 0 Å². The van der Waals surface area contributed by atoms with Gasteiger partial charge in [0.25, 0.3) is 0 Å². The molecular weight excluding hydrogens is 473 g/mol. The molecule has 0 atom stereocenters. The predicted octanol–water partition coefficient (Wildman–Crippen LogP) is -0.310. The van der Waals surface area contributed by atoms with E-state index < -0.39 is 0 Å². The summed E-state index contributed by atoms with van der Waals surface area (Å²) in [6, 6.07) is 0. The molecule has 8 nitrogen and oxygen atoms in total. The van der Waals surface area contributed by atoms with Gasteiger partial charge in [0, 0.05) is 72.5 Å². The van der Waals surface area contributed by atoms with Gasteiger partial charge in [0.05, 0.1) is 0 Å². The Morgan fingerprint density at radius 3 is 0.250 bits per heavy atom. The van der Waals surface area contributed by atoms with Gasteiger partial charge >= 0.3 is 90.4 Å². The largest absolute Gasteiger partial charge is 0 e. The van der Waals surface area contributed by atoms with Crippen LogP contribution in [0.3, 0.4) is 0 Å². The molecule has 0 N–H and O–H groups in total. The first-order chi connectivity index (χ1) is 8.00. The van der Waals surface area contributed by atoms with Gasteiger partial charge in [-0.2, -0.15) is 0 Å². The van der Waals surface area contributed by atoms with Crippen molar-refractivity contribution < 1.29 is 110 Å². The first-order valence-electron chi connectivity index (χ1n) is 1.63. The van der Waals surface area contributed by atoms with Crippen LogP contribution in [0.1, 0.15) is 0 Å². The second-order valence-corrected chi connectivity index (χ2v) is 0. The van der Waals surface area contributed by atoms with Crippen LogP contribution >= 0.6 is 0 Å². The van der Waals surface area contributed by atoms with E-state index in [-0.39, 0.29) is 72.5 Å². The third-order valence-corrected chi connectivity index (χ3v) is 0. The fourth-order valence-electron chi connectivity index (χ4n) is 0. The SMILES string of the molecule is [C-]#[O+].[C-]#[O+].[C-]#[O+].[C-]#[O+].[C-]#[O+].[C-]#[O+].[C-]#[O+].[C-]#[O+].[Co].[Co].[Zn].[Zn]. The molecule has 12 heteroatoms. The van der Waals surface area contributed by atoms with Crippen molar-refractivity contribution in [3.05, 3.63) is 53.2 Å². The van der Waals surface area contributed by atoms with Crippen LogP contribution in [0.25, 0.3) is 0 Å². The molecule has 0 unspecified atom stereocenters. The summed E-state index contributed by atoms with van der Waals surface area (Å²) in [6.07, 6.45) is 0. The molecule has 0 aliphatic carbocycles. The van der Waals surface area contributed by atoms with Crippen LogP contribution in [0.5, 0.6) is 0 Å². The van der Waals surface area contributed by atoms with Crippen molar-refractivity contribution >= 4 is 0 Å². The number of hydrogen-bond donors (Lipinski definition) is 0. The maximum Gasteiger partial charge on any atom is 0 e. The Morgan fingerprint density at radius 1 is 0.250 bits per heavy atom. The summed E-state index contributed by atoms with van der Waals surface area (Å²) < 4.78 is 60.0. The molecule has 0 aliphatic rings. The van der Waals surface area contributed by atoms with Crippen molar-refractivity contribution in [1.29, 1.82) is 0 Å². The Labute approximate surface area is 162 Å². The zero-order chi connectivity index (χ0) is 16.0. The smallest absolute Gasteiger partial charge is 0 e. The molecule has 0 aromatic heterocycles. The fraction of sp³-hybridized carbons (Fsp3) is 0. The van der Waals surface area contributed by atoms with E-state index in [0.29, 0.717) is 0 Å². The Hall–Kier alpha value is 0.180. The molecule has 0 rings (SSSR count). The first-order valence-corrected chi connectivity index (χ1v) is 1.63. The second kappa shape index (κ2) is 196000. The topological polar surface area (TPSA) is 159 Å². The van der Waals surface area contributed by atoms with Crippen LogP contribution in [0.4, 0.5) is 0 Å². The van der Waals surface area contributed by atoms with Crippen molar-refractivity contribution in [1.82, 2.24) is 0 Å². The Bertz CT molecular complexity index is 144. The molecule has 20 heavy (non-hydrogen) atoms. The van der Waals surface area contributed by atoms with E-state index >= 15 is 0 Å². The van der Waals surface area contributed by atoms with Gasteiger partial charge in [0.2, 0.25) is 0 Å². The average Bonchev–Trinajstić information content (AvgIpc) is 2.54. The monoisotopic (exact) mass is 470 g/mol. The molecule has 0 aromatic rings. The summed E-state index contributed by atoms with van der Waals surface area (Å²) in [5.74, 6) is 0. The summed E-state index contributed by atoms with van der Waals surface area (Å²) in [7, 11) is 0. The molecule has 0 heterocycles. The molecule has 102 valence electrons. The first kappa shape index (κ1) is 111. The predicted molar refractivity (Wildman–Crippen MR) is 31.4 cm³/mol. The molecular formula is C8Co2O8Zn2. The summed E-state index contributed by atoms with van der Waals surface area (Å²) in [5.41, 5.74) is 0. The normalized spacial score (nSPS) is 0.800. The van der Waals surface area contributed by atoms with E-state index in [1.54, 1.807) is 0 Å². The van der Waals surface area contributed by atoms with Crippen LogP contribution in [-0.2, 0) is 110 Å². The maximum absolute atomic E-state index is 7.50. The molecule has 0 saturated carbocycles. The van der Waals surface area contributed by atoms with Gasteiger partial charge in [0.1, 0.15) is 0 Å². The maximum atomic E-state index is 7.50. The molecule has 0 saturated heterocycles. The Kier molecular flexibility index (Phi) is 1090000. The molecule has 0 bridgehead atoms. The van der Waals surface area contributed by atoms with Crippen molar-refractivity contribution in [2.75, 3.05) is 0 Å². The second-order valence-electron chi connectivity index (χ2n) is 0. The zero-order valence-electron chi connectivity index (χ0n) is 9.35. The van der Waals surface area contributed by atoms with Crippen molar-refractivity contribution in [3.63, 3.8) is 0 Å². The van der Waals surface area contributed by atoms with Gasteiger partial charge in [-0.15, -0.1) is 0 Å². The van der Waals surface area contributed by atoms with Crippen LogP contribution in [0.15, 0.2) is 0 Å². The van der Waals surface area contributed by atoms with E-state index in [0.717, 1.165) is 0 Å². The standard InChI is InChI=1S/8CO.2Co.2Zn/c8*1-2;;;;. The summed E-state index contributed by atoms with van der Waals surface area (Å²) in [4.78, 5) is 0. The van der Waals surface area contributed by atoms with Gasteiger partial charge in [-0.1, -0.05) is 0 Å². The van der Waals surface area contributed by atoms with E-state index in [1.165, 1.54) is 0 Å². The van der Waals surface area contributed by atoms with Gasteiger partial charge < -0.3 is 0 Å². The third kappa shape index (κ3) is 166000. The fourth-order valence-corrected chi connectivity index (χ4v) is 0. The third-order valence-electron chi connectivity index (χ3n) is 0. The van der Waals surface area contributed by atoms with Crippen LogP contribution in [-0.4, -0.2) is 0 Å². The van der Waals surface area contributed by atoms with E-state index in [4.69, 9.17) is 37.2 Å². The van der Waals surface area contributed by atoms with E-state index in [2.05, 4.69) is 53.2 Å². The minimum absolute atomic E-state index is 0. The number of hydrogen-bond acceptors (Lipinski definition) is 0. The summed E-state index contributed by atoms with van der Waals surface area (Å²) >= 11 is 0. The average molecular weight is 473 g/mol. The number of rotatable bonds is 0. The van der Waals surface area contributed by atoms with E-state index in [1.807, 2.05) is 0 Å². The van der Waals surface area contributed by atoms with Gasteiger partial charge in [-0.25, -0.2) is 0 Å². The molecule has 0 fully saturated rings. The van der Waals surface area contributed by atoms with Crippen molar-refractivity contribution in [3.8, 4) is 0 Å². The van der Waals surface area contributed by atoms with Crippen LogP contribution in [0, 0.1) is 53.2 Å². The molecule has 0 amide bonds. The van der Waals surface area contributed by atoms with Gasteiger partial charge in [-0.05, 0) is 0 Å². The van der Waals surface area contributed by atoms with Gasteiger partial charge in [-0.3, -0.25) is 0 Å². The van der Waals surface area contributed by atoms with Crippen LogP contribution < -0.4 is 0 Å². The molecule has 0 aromatic carbocycles. The summed E-state index contributed by atoms with van der Waals surface area (Å²) in [6.45, 7) is 36.0. The quantitative estimate of drug-likeness (QED) is 0.257. The molecule has 2 radical (unpaired) electrons. The molecule has 0 spiro atoms. The van der Waals surface area contributed by atoms with Crippen molar-refractivity contribution in [2.45, 2.75) is 0 Å². The Balaban J connectivity index is -0.00000000356. The van der Waals surface area contributed by atoms with Crippen molar-refractivity contribution in [2.24, 2.45) is 0 Å². The minimum atomic E-state index is 0. The summed E-state index contributed by atoms with van der Waals surface area (Å²) in [5, 5.41) is 0. The minimum Gasteiger partial charge on any atom is 0 e. The van der Waals surface area contributed by atoms with E-state index in [9.17, 15) is 0 Å². The van der Waals surface area contributed by atoms with Crippen LogP contribution in [0.2, 0.25) is 0 Å².